The lowest BCUT2D eigenvalue weighted by atomic mass is 10.0. The number of hydrogen-bond acceptors (Lipinski definition) is 6. The number of nitrogens with zero attached hydrogens (tertiary/aromatic N) is 3. The molecule has 1 saturated carbocycles. The molecule has 2 fully saturated rings. The summed E-state index contributed by atoms with van der Waals surface area (Å²) in [4.78, 5) is 11.3. The third kappa shape index (κ3) is 3.56. The molecule has 1 saturated heterocycles. The summed E-state index contributed by atoms with van der Waals surface area (Å²) in [5.74, 6) is 1.83. The molecule has 2 aliphatic rings. The summed E-state index contributed by atoms with van der Waals surface area (Å²) < 4.78 is 10.5. The lowest BCUT2D eigenvalue weighted by Crippen LogP contribution is -2.45. The maximum Gasteiger partial charge on any atom is 0.232 e. The van der Waals surface area contributed by atoms with E-state index in [0.717, 1.165) is 19.0 Å². The van der Waals surface area contributed by atoms with Gasteiger partial charge in [0, 0.05) is 18.6 Å². The Labute approximate surface area is 125 Å². The third-order valence-electron chi connectivity index (χ3n) is 4.16. The van der Waals surface area contributed by atoms with Crippen LogP contribution in [-0.2, 0) is 0 Å². The summed E-state index contributed by atoms with van der Waals surface area (Å²) in [5.41, 5.74) is 0. The van der Waals surface area contributed by atoms with E-state index < -0.39 is 0 Å². The van der Waals surface area contributed by atoms with E-state index in [9.17, 15) is 0 Å². The molecule has 1 aliphatic heterocycles. The topological polar surface area (TPSA) is 59.5 Å². The fourth-order valence-corrected chi connectivity index (χ4v) is 2.83. The van der Waals surface area contributed by atoms with Gasteiger partial charge in [0.15, 0.2) is 0 Å². The van der Waals surface area contributed by atoms with Gasteiger partial charge in [-0.25, -0.2) is 0 Å². The number of aromatic nitrogens is 2. The zero-order valence-electron chi connectivity index (χ0n) is 12.8. The van der Waals surface area contributed by atoms with Crippen LogP contribution >= 0.6 is 0 Å². The molecule has 1 atom stereocenters. The van der Waals surface area contributed by atoms with Crippen molar-refractivity contribution in [2.24, 2.45) is 0 Å². The molecular formula is C15H24N4O2. The molecular weight excluding hydrogens is 268 g/mol. The lowest BCUT2D eigenvalue weighted by molar-refractivity contribution is 0.368. The Morgan fingerprint density at radius 1 is 1.14 bits per heavy atom. The predicted octanol–water partition coefficient (Wildman–Crippen LogP) is 1.60. The van der Waals surface area contributed by atoms with Crippen molar-refractivity contribution in [1.82, 2.24) is 15.3 Å². The van der Waals surface area contributed by atoms with E-state index >= 15 is 0 Å². The second-order valence-electron chi connectivity index (χ2n) is 5.78. The van der Waals surface area contributed by atoms with Crippen molar-refractivity contribution in [2.45, 2.75) is 44.2 Å². The Morgan fingerprint density at radius 3 is 2.38 bits per heavy atom. The van der Waals surface area contributed by atoms with E-state index in [2.05, 4.69) is 20.2 Å². The molecule has 1 aromatic rings. The Morgan fingerprint density at radius 2 is 1.86 bits per heavy atom. The molecule has 0 spiro atoms. The van der Waals surface area contributed by atoms with E-state index in [1.807, 2.05) is 0 Å². The van der Waals surface area contributed by atoms with Gasteiger partial charge in [-0.05, 0) is 32.2 Å². The van der Waals surface area contributed by atoms with Crippen molar-refractivity contribution >= 4 is 5.95 Å². The maximum absolute atomic E-state index is 5.26. The van der Waals surface area contributed by atoms with Crippen LogP contribution in [0.2, 0.25) is 0 Å². The first-order valence-corrected chi connectivity index (χ1v) is 7.77. The molecule has 116 valence electrons. The van der Waals surface area contributed by atoms with Crippen LogP contribution in [0.5, 0.6) is 11.8 Å². The monoisotopic (exact) mass is 292 g/mol. The highest BCUT2D eigenvalue weighted by atomic mass is 16.5. The molecule has 6 nitrogen and oxygen atoms in total. The quantitative estimate of drug-likeness (QED) is 0.859. The molecule has 0 bridgehead atoms. The standard InChI is InChI=1S/C15H24N4O2/c1-20-13-9-14(21-2)18-15(17-13)19(12-6-7-12)10-11-5-3-4-8-16-11/h9,11-12,16H,3-8,10H2,1-2H3. The normalized spacial score (nSPS) is 21.9. The molecule has 6 heteroatoms. The molecule has 1 unspecified atom stereocenters. The molecule has 0 aromatic carbocycles. The molecule has 0 amide bonds. The van der Waals surface area contributed by atoms with Crippen LogP contribution in [0.15, 0.2) is 6.07 Å². The van der Waals surface area contributed by atoms with E-state index in [0.29, 0.717) is 23.8 Å². The van der Waals surface area contributed by atoms with E-state index in [1.165, 1.54) is 32.1 Å². The van der Waals surface area contributed by atoms with Gasteiger partial charge in [0.2, 0.25) is 17.7 Å². The van der Waals surface area contributed by atoms with E-state index in [1.54, 1.807) is 20.3 Å². The number of methoxy groups -OCH3 is 2. The Bertz CT molecular complexity index is 450. The lowest BCUT2D eigenvalue weighted by Gasteiger charge is -2.31. The first-order valence-electron chi connectivity index (χ1n) is 7.77. The van der Waals surface area contributed by atoms with Gasteiger partial charge in [-0.2, -0.15) is 9.97 Å². The largest absolute Gasteiger partial charge is 0.481 e. The fourth-order valence-electron chi connectivity index (χ4n) is 2.83. The highest BCUT2D eigenvalue weighted by Gasteiger charge is 2.33. The third-order valence-corrected chi connectivity index (χ3v) is 4.16. The Kier molecular flexibility index (Phi) is 4.43. The number of rotatable bonds is 6. The second kappa shape index (κ2) is 6.47. The van der Waals surface area contributed by atoms with Gasteiger partial charge in [-0.15, -0.1) is 0 Å². The van der Waals surface area contributed by atoms with Crippen LogP contribution in [0, 0.1) is 0 Å². The van der Waals surface area contributed by atoms with Crippen LogP contribution in [0.25, 0.3) is 0 Å². The molecule has 3 rings (SSSR count). The SMILES string of the molecule is COc1cc(OC)nc(N(CC2CCCCN2)C2CC2)n1. The summed E-state index contributed by atoms with van der Waals surface area (Å²) in [5, 5.41) is 3.60. The number of nitrogens with one attached hydrogen (secondary N) is 1. The van der Waals surface area contributed by atoms with Crippen molar-refractivity contribution in [1.29, 1.82) is 0 Å². The Hall–Kier alpha value is -1.56. The first kappa shape index (κ1) is 14.4. The number of piperidine rings is 1. The van der Waals surface area contributed by atoms with Gasteiger partial charge in [0.05, 0.1) is 20.3 Å². The maximum atomic E-state index is 5.26. The molecule has 1 aliphatic carbocycles. The van der Waals surface area contributed by atoms with Crippen LogP contribution in [0.4, 0.5) is 5.95 Å². The van der Waals surface area contributed by atoms with Crippen molar-refractivity contribution in [2.75, 3.05) is 32.2 Å². The Balaban J connectivity index is 1.79. The molecule has 2 heterocycles. The van der Waals surface area contributed by atoms with Gasteiger partial charge >= 0.3 is 0 Å². The van der Waals surface area contributed by atoms with Crippen molar-refractivity contribution < 1.29 is 9.47 Å². The highest BCUT2D eigenvalue weighted by Crippen LogP contribution is 2.32. The first-order chi connectivity index (χ1) is 10.3. The van der Waals surface area contributed by atoms with Crippen molar-refractivity contribution in [3.05, 3.63) is 6.07 Å². The summed E-state index contributed by atoms with van der Waals surface area (Å²) >= 11 is 0. The van der Waals surface area contributed by atoms with E-state index in [4.69, 9.17) is 9.47 Å². The van der Waals surface area contributed by atoms with Gasteiger partial charge < -0.3 is 19.7 Å². The minimum Gasteiger partial charge on any atom is -0.481 e. The van der Waals surface area contributed by atoms with Crippen LogP contribution < -0.4 is 19.7 Å². The minimum atomic E-state index is 0.528. The minimum absolute atomic E-state index is 0.528. The number of anilines is 1. The number of hydrogen-bond donors (Lipinski definition) is 1. The summed E-state index contributed by atoms with van der Waals surface area (Å²) in [6, 6.07) is 2.80. The van der Waals surface area contributed by atoms with Gasteiger partial charge in [-0.3, -0.25) is 0 Å². The van der Waals surface area contributed by atoms with Gasteiger partial charge in [-0.1, -0.05) is 6.42 Å². The molecule has 0 radical (unpaired) electrons. The predicted molar refractivity (Wildman–Crippen MR) is 81.1 cm³/mol. The summed E-state index contributed by atoms with van der Waals surface area (Å²) in [7, 11) is 3.24. The van der Waals surface area contributed by atoms with Gasteiger partial charge in [0.25, 0.3) is 0 Å². The average Bonchev–Trinajstić information content (AvgIpc) is 3.37. The van der Waals surface area contributed by atoms with Crippen molar-refractivity contribution in [3.8, 4) is 11.8 Å². The van der Waals surface area contributed by atoms with Crippen LogP contribution in [0.3, 0.4) is 0 Å². The highest BCUT2D eigenvalue weighted by molar-refractivity contribution is 5.39. The number of ether oxygens (including phenoxy) is 2. The summed E-state index contributed by atoms with van der Waals surface area (Å²) in [6.45, 7) is 2.08. The van der Waals surface area contributed by atoms with Gasteiger partial charge in [0.1, 0.15) is 0 Å². The van der Waals surface area contributed by atoms with E-state index in [-0.39, 0.29) is 0 Å². The zero-order valence-corrected chi connectivity index (χ0v) is 12.8. The summed E-state index contributed by atoms with van der Waals surface area (Å²) in [6.07, 6.45) is 6.25. The second-order valence-corrected chi connectivity index (χ2v) is 5.78. The molecule has 1 aromatic heterocycles. The van der Waals surface area contributed by atoms with Crippen molar-refractivity contribution in [3.63, 3.8) is 0 Å². The van der Waals surface area contributed by atoms with Crippen LogP contribution in [0.1, 0.15) is 32.1 Å². The molecule has 21 heavy (non-hydrogen) atoms. The zero-order chi connectivity index (χ0) is 14.7. The molecule has 1 N–H and O–H groups in total. The van der Waals surface area contributed by atoms with Crippen LogP contribution in [-0.4, -0.2) is 49.4 Å². The fraction of sp³-hybridized carbons (Fsp3) is 0.733. The smallest absolute Gasteiger partial charge is 0.232 e. The average molecular weight is 292 g/mol.